The summed E-state index contributed by atoms with van der Waals surface area (Å²) in [6.45, 7) is 6.03. The van der Waals surface area contributed by atoms with Crippen LogP contribution in [-0.4, -0.2) is 5.78 Å². The van der Waals surface area contributed by atoms with Gasteiger partial charge < -0.3 is 0 Å². The molecule has 0 aromatic rings. The van der Waals surface area contributed by atoms with Crippen LogP contribution in [-0.2, 0) is 4.79 Å². The summed E-state index contributed by atoms with van der Waals surface area (Å²) in [6.07, 6.45) is 7.84. The third-order valence-electron chi connectivity index (χ3n) is 3.91. The van der Waals surface area contributed by atoms with E-state index < -0.39 is 0 Å². The van der Waals surface area contributed by atoms with Crippen molar-refractivity contribution in [3.05, 3.63) is 12.7 Å². The van der Waals surface area contributed by atoms with Crippen LogP contribution < -0.4 is 0 Å². The van der Waals surface area contributed by atoms with Crippen molar-refractivity contribution in [1.82, 2.24) is 0 Å². The average molecular weight is 178 g/mol. The molecule has 0 aliphatic heterocycles. The molecule has 2 saturated carbocycles. The van der Waals surface area contributed by atoms with Crippen LogP contribution in [0.5, 0.6) is 0 Å². The lowest BCUT2D eigenvalue weighted by Gasteiger charge is -2.45. The third kappa shape index (κ3) is 1.34. The highest BCUT2D eigenvalue weighted by atomic mass is 16.1. The Balaban J connectivity index is 2.25. The van der Waals surface area contributed by atoms with Crippen molar-refractivity contribution >= 4 is 5.78 Å². The van der Waals surface area contributed by atoms with E-state index in [9.17, 15) is 4.79 Å². The van der Waals surface area contributed by atoms with Crippen LogP contribution >= 0.6 is 0 Å². The fourth-order valence-corrected chi connectivity index (χ4v) is 3.21. The lowest BCUT2D eigenvalue weighted by Crippen LogP contribution is -2.41. The number of ketones is 1. The molecule has 2 fully saturated rings. The van der Waals surface area contributed by atoms with Crippen molar-refractivity contribution in [2.24, 2.45) is 17.3 Å². The minimum atomic E-state index is 0.275. The first-order valence-electron chi connectivity index (χ1n) is 5.34. The maximum Gasteiger partial charge on any atom is 0.138 e. The zero-order valence-corrected chi connectivity index (χ0v) is 8.38. The first-order chi connectivity index (χ1) is 6.17. The highest BCUT2D eigenvalue weighted by Crippen LogP contribution is 2.49. The smallest absolute Gasteiger partial charge is 0.138 e. The number of Topliss-reactive ketones (excluding diaryl/α,β-unsaturated/α-hetero) is 1. The Morgan fingerprint density at radius 2 is 2.31 bits per heavy atom. The van der Waals surface area contributed by atoms with E-state index in [1.54, 1.807) is 0 Å². The van der Waals surface area contributed by atoms with Crippen molar-refractivity contribution in [3.63, 3.8) is 0 Å². The Morgan fingerprint density at radius 1 is 1.54 bits per heavy atom. The maximum atomic E-state index is 11.8. The molecule has 13 heavy (non-hydrogen) atoms. The molecule has 0 saturated heterocycles. The largest absolute Gasteiger partial charge is 0.299 e. The van der Waals surface area contributed by atoms with E-state index in [4.69, 9.17) is 0 Å². The molecule has 3 atom stereocenters. The van der Waals surface area contributed by atoms with Gasteiger partial charge in [0.1, 0.15) is 5.78 Å². The first kappa shape index (κ1) is 8.98. The fraction of sp³-hybridized carbons (Fsp3) is 0.750. The van der Waals surface area contributed by atoms with Gasteiger partial charge in [0.2, 0.25) is 0 Å². The van der Waals surface area contributed by atoms with Gasteiger partial charge in [-0.3, -0.25) is 4.79 Å². The van der Waals surface area contributed by atoms with E-state index in [0.717, 1.165) is 19.3 Å². The van der Waals surface area contributed by atoms with Crippen LogP contribution in [0.2, 0.25) is 0 Å². The highest BCUT2D eigenvalue weighted by Gasteiger charge is 2.44. The normalized spacial score (nSPS) is 44.5. The third-order valence-corrected chi connectivity index (χ3v) is 3.91. The average Bonchev–Trinajstić information content (AvgIpc) is 2.15. The van der Waals surface area contributed by atoms with Crippen molar-refractivity contribution in [2.75, 3.05) is 0 Å². The first-order valence-corrected chi connectivity index (χ1v) is 5.34. The summed E-state index contributed by atoms with van der Waals surface area (Å²) < 4.78 is 0. The number of rotatable bonds is 1. The molecule has 0 heterocycles. The molecule has 2 rings (SSSR count). The molecule has 0 N–H and O–H groups in total. The molecule has 0 aromatic carbocycles. The van der Waals surface area contributed by atoms with Gasteiger partial charge in [0.25, 0.3) is 0 Å². The van der Waals surface area contributed by atoms with Gasteiger partial charge in [-0.25, -0.2) is 0 Å². The van der Waals surface area contributed by atoms with Gasteiger partial charge in [-0.05, 0) is 31.1 Å². The van der Waals surface area contributed by atoms with E-state index in [-0.39, 0.29) is 5.92 Å². The predicted octanol–water partition coefficient (Wildman–Crippen LogP) is 2.96. The number of carbonyl (C=O) groups is 1. The molecular weight excluding hydrogens is 160 g/mol. The zero-order valence-electron chi connectivity index (χ0n) is 8.38. The Bertz CT molecular complexity index is 240. The van der Waals surface area contributed by atoms with Crippen molar-refractivity contribution in [1.29, 1.82) is 0 Å². The van der Waals surface area contributed by atoms with E-state index in [2.05, 4.69) is 19.6 Å². The number of fused-ring (bicyclic) bond motifs is 2. The van der Waals surface area contributed by atoms with Crippen LogP contribution in [0.25, 0.3) is 0 Å². The lowest BCUT2D eigenvalue weighted by atomic mass is 9.59. The van der Waals surface area contributed by atoms with E-state index in [1.807, 2.05) is 0 Å². The van der Waals surface area contributed by atoms with Gasteiger partial charge in [-0.1, -0.05) is 19.4 Å². The van der Waals surface area contributed by atoms with E-state index in [1.165, 1.54) is 12.8 Å². The van der Waals surface area contributed by atoms with Crippen LogP contribution in [0.15, 0.2) is 12.7 Å². The Labute approximate surface area is 80.2 Å². The number of allylic oxidation sites excluding steroid dienone is 1. The highest BCUT2D eigenvalue weighted by molar-refractivity contribution is 5.84. The van der Waals surface area contributed by atoms with Crippen LogP contribution in [0, 0.1) is 17.3 Å². The number of hydrogen-bond donors (Lipinski definition) is 0. The molecular formula is C12H18O. The Morgan fingerprint density at radius 3 is 3.00 bits per heavy atom. The molecule has 0 amide bonds. The van der Waals surface area contributed by atoms with Gasteiger partial charge >= 0.3 is 0 Å². The summed E-state index contributed by atoms with van der Waals surface area (Å²) >= 11 is 0. The summed E-state index contributed by atoms with van der Waals surface area (Å²) in [5.41, 5.74) is 0.316. The molecule has 0 aromatic heterocycles. The second-order valence-corrected chi connectivity index (χ2v) is 4.87. The molecule has 1 nitrogen and oxygen atoms in total. The minimum Gasteiger partial charge on any atom is -0.299 e. The molecule has 0 spiro atoms. The van der Waals surface area contributed by atoms with Crippen LogP contribution in [0.4, 0.5) is 0 Å². The van der Waals surface area contributed by atoms with E-state index in [0.29, 0.717) is 17.1 Å². The monoisotopic (exact) mass is 178 g/mol. The fourth-order valence-electron chi connectivity index (χ4n) is 3.21. The summed E-state index contributed by atoms with van der Waals surface area (Å²) in [4.78, 5) is 11.8. The van der Waals surface area contributed by atoms with Crippen molar-refractivity contribution < 1.29 is 4.79 Å². The second kappa shape index (κ2) is 2.97. The molecule has 1 heteroatoms. The van der Waals surface area contributed by atoms with Crippen molar-refractivity contribution in [2.45, 2.75) is 39.0 Å². The zero-order chi connectivity index (χ0) is 9.47. The maximum absolute atomic E-state index is 11.8. The molecule has 2 bridgehead atoms. The Hall–Kier alpha value is -0.590. The van der Waals surface area contributed by atoms with Gasteiger partial charge in [-0.15, -0.1) is 6.58 Å². The SMILES string of the molecule is C=CC12CCCC(C1)C(=O)C(C)C2. The van der Waals surface area contributed by atoms with Crippen LogP contribution in [0.1, 0.15) is 39.0 Å². The standard InChI is InChI=1S/C12H18O/c1-3-12-6-4-5-10(8-12)11(13)9(2)7-12/h3,9-10H,1,4-8H2,2H3. The summed E-state index contributed by atoms with van der Waals surface area (Å²) in [5, 5.41) is 0. The van der Waals surface area contributed by atoms with Crippen LogP contribution in [0.3, 0.4) is 0 Å². The van der Waals surface area contributed by atoms with E-state index >= 15 is 0 Å². The lowest BCUT2D eigenvalue weighted by molar-refractivity contribution is -0.133. The number of hydrogen-bond acceptors (Lipinski definition) is 1. The summed E-state index contributed by atoms with van der Waals surface area (Å²) in [5.74, 6) is 1.14. The van der Waals surface area contributed by atoms with Gasteiger partial charge in [0, 0.05) is 11.8 Å². The number of carbonyl (C=O) groups excluding carboxylic acids is 1. The van der Waals surface area contributed by atoms with Crippen molar-refractivity contribution in [3.8, 4) is 0 Å². The topological polar surface area (TPSA) is 17.1 Å². The molecule has 2 aliphatic carbocycles. The van der Waals surface area contributed by atoms with Gasteiger partial charge in [-0.2, -0.15) is 0 Å². The van der Waals surface area contributed by atoms with Gasteiger partial charge in [0.15, 0.2) is 0 Å². The molecule has 0 radical (unpaired) electrons. The summed E-state index contributed by atoms with van der Waals surface area (Å²) in [6, 6.07) is 0. The van der Waals surface area contributed by atoms with Gasteiger partial charge in [0.05, 0.1) is 0 Å². The second-order valence-electron chi connectivity index (χ2n) is 4.87. The Kier molecular flexibility index (Phi) is 2.05. The molecule has 72 valence electrons. The molecule has 2 aliphatic rings. The quantitative estimate of drug-likeness (QED) is 0.564. The summed E-state index contributed by atoms with van der Waals surface area (Å²) in [7, 11) is 0. The molecule has 3 unspecified atom stereocenters. The minimum absolute atomic E-state index is 0.275. The predicted molar refractivity (Wildman–Crippen MR) is 53.4 cm³/mol.